The summed E-state index contributed by atoms with van der Waals surface area (Å²) in [6, 6.07) is 3.82. The van der Waals surface area contributed by atoms with E-state index in [2.05, 4.69) is 0 Å². The smallest absolute Gasteiger partial charge is 0.335 e. The van der Waals surface area contributed by atoms with Crippen LogP contribution in [0.25, 0.3) is 0 Å². The van der Waals surface area contributed by atoms with E-state index in [9.17, 15) is 13.2 Å². The summed E-state index contributed by atoms with van der Waals surface area (Å²) in [5.74, 6) is -1.15. The molecule has 0 bridgehead atoms. The largest absolute Gasteiger partial charge is 0.478 e. The number of sulfonamides is 1. The van der Waals surface area contributed by atoms with Crippen molar-refractivity contribution in [2.24, 2.45) is 0 Å². The topological polar surface area (TPSA) is 93.1 Å². The van der Waals surface area contributed by atoms with Crippen molar-refractivity contribution in [2.75, 3.05) is 33.5 Å². The van der Waals surface area contributed by atoms with E-state index in [1.165, 1.54) is 22.5 Å². The van der Waals surface area contributed by atoms with Gasteiger partial charge in [-0.1, -0.05) is 6.07 Å². The zero-order valence-electron chi connectivity index (χ0n) is 13.2. The molecule has 1 saturated heterocycles. The minimum atomic E-state index is -3.79. The molecule has 0 saturated carbocycles. The summed E-state index contributed by atoms with van der Waals surface area (Å²) in [6.45, 7) is 2.95. The highest BCUT2D eigenvalue weighted by molar-refractivity contribution is 7.89. The molecule has 7 nitrogen and oxygen atoms in total. The molecule has 8 heteroatoms. The molecule has 128 valence electrons. The summed E-state index contributed by atoms with van der Waals surface area (Å²) >= 11 is 0. The van der Waals surface area contributed by atoms with Crippen LogP contribution in [0, 0.1) is 6.92 Å². The highest BCUT2D eigenvalue weighted by Gasteiger charge is 2.35. The standard InChI is InChI=1S/C15H21NO6S/c1-11-3-4-12(15(17)18)9-14(11)23(19,20)16-6-8-22-10-13(16)5-7-21-2/h3-4,9,13H,5-8,10H2,1-2H3,(H,17,18). The van der Waals surface area contributed by atoms with Crippen molar-refractivity contribution in [3.05, 3.63) is 29.3 Å². The second kappa shape index (κ2) is 7.39. The van der Waals surface area contributed by atoms with Crippen LogP contribution < -0.4 is 0 Å². The van der Waals surface area contributed by atoms with Gasteiger partial charge in [-0.3, -0.25) is 0 Å². The van der Waals surface area contributed by atoms with E-state index in [4.69, 9.17) is 14.6 Å². The number of rotatable bonds is 6. The Morgan fingerprint density at radius 2 is 2.22 bits per heavy atom. The van der Waals surface area contributed by atoms with Crippen LogP contribution in [0.2, 0.25) is 0 Å². The first-order valence-electron chi connectivity index (χ1n) is 7.30. The lowest BCUT2D eigenvalue weighted by Crippen LogP contribution is -2.49. The maximum absolute atomic E-state index is 13.0. The van der Waals surface area contributed by atoms with Gasteiger partial charge in [0.05, 0.1) is 29.7 Å². The average molecular weight is 343 g/mol. The number of morpholine rings is 1. The Kier molecular flexibility index (Phi) is 5.74. The van der Waals surface area contributed by atoms with Gasteiger partial charge < -0.3 is 14.6 Å². The molecule has 1 unspecified atom stereocenters. The zero-order valence-corrected chi connectivity index (χ0v) is 14.0. The van der Waals surface area contributed by atoms with Crippen LogP contribution in [0.4, 0.5) is 0 Å². The molecular formula is C15H21NO6S. The van der Waals surface area contributed by atoms with Crippen LogP contribution in [-0.4, -0.2) is 63.3 Å². The number of aromatic carboxylic acids is 1. The lowest BCUT2D eigenvalue weighted by molar-refractivity contribution is 0.0204. The first-order chi connectivity index (χ1) is 10.9. The van der Waals surface area contributed by atoms with E-state index >= 15 is 0 Å². The molecule has 23 heavy (non-hydrogen) atoms. The number of carbonyl (C=O) groups is 1. The number of hydrogen-bond donors (Lipinski definition) is 1. The van der Waals surface area contributed by atoms with Gasteiger partial charge in [-0.2, -0.15) is 4.31 Å². The van der Waals surface area contributed by atoms with Crippen molar-refractivity contribution in [1.82, 2.24) is 4.31 Å². The van der Waals surface area contributed by atoms with Gasteiger partial charge in [-0.05, 0) is 31.0 Å². The highest BCUT2D eigenvalue weighted by atomic mass is 32.2. The SMILES string of the molecule is COCCC1COCCN1S(=O)(=O)c1cc(C(=O)O)ccc1C. The summed E-state index contributed by atoms with van der Waals surface area (Å²) < 4.78 is 37.8. The molecule has 0 aromatic heterocycles. The van der Waals surface area contributed by atoms with Gasteiger partial charge in [-0.25, -0.2) is 13.2 Å². The van der Waals surface area contributed by atoms with Gasteiger partial charge in [0.15, 0.2) is 0 Å². The molecule has 1 aliphatic heterocycles. The number of carboxylic acid groups (broad SMARTS) is 1. The Balaban J connectivity index is 2.39. The van der Waals surface area contributed by atoms with Crippen LogP contribution in [0.1, 0.15) is 22.3 Å². The van der Waals surface area contributed by atoms with E-state index in [-0.39, 0.29) is 23.0 Å². The number of carboxylic acids is 1. The maximum atomic E-state index is 13.0. The fraction of sp³-hybridized carbons (Fsp3) is 0.533. The lowest BCUT2D eigenvalue weighted by Gasteiger charge is -2.34. The third-order valence-electron chi connectivity index (χ3n) is 3.85. The van der Waals surface area contributed by atoms with E-state index in [1.54, 1.807) is 14.0 Å². The van der Waals surface area contributed by atoms with Crippen LogP contribution in [-0.2, 0) is 19.5 Å². The molecule has 1 aliphatic rings. The van der Waals surface area contributed by atoms with Gasteiger partial charge in [0.25, 0.3) is 0 Å². The maximum Gasteiger partial charge on any atom is 0.335 e. The third kappa shape index (κ3) is 3.89. The quantitative estimate of drug-likeness (QED) is 0.832. The van der Waals surface area contributed by atoms with Crippen molar-refractivity contribution >= 4 is 16.0 Å². The first-order valence-corrected chi connectivity index (χ1v) is 8.74. The van der Waals surface area contributed by atoms with Crippen LogP contribution >= 0.6 is 0 Å². The van der Waals surface area contributed by atoms with E-state index in [1.807, 2.05) is 0 Å². The molecule has 1 aromatic carbocycles. The van der Waals surface area contributed by atoms with Crippen molar-refractivity contribution in [2.45, 2.75) is 24.3 Å². The van der Waals surface area contributed by atoms with E-state index in [0.717, 1.165) is 0 Å². The first kappa shape index (κ1) is 17.9. The summed E-state index contributed by atoms with van der Waals surface area (Å²) in [4.78, 5) is 11.2. The number of ether oxygens (including phenoxy) is 2. The van der Waals surface area contributed by atoms with Crippen LogP contribution in [0.3, 0.4) is 0 Å². The van der Waals surface area contributed by atoms with Gasteiger partial charge in [-0.15, -0.1) is 0 Å². The molecule has 1 aromatic rings. The molecule has 0 aliphatic carbocycles. The minimum Gasteiger partial charge on any atom is -0.478 e. The summed E-state index contributed by atoms with van der Waals surface area (Å²) in [7, 11) is -2.24. The third-order valence-corrected chi connectivity index (χ3v) is 5.94. The van der Waals surface area contributed by atoms with Crippen LogP contribution in [0.15, 0.2) is 23.1 Å². The molecule has 1 heterocycles. The second-order valence-electron chi connectivity index (χ2n) is 5.41. The fourth-order valence-corrected chi connectivity index (χ4v) is 4.45. The van der Waals surface area contributed by atoms with Crippen molar-refractivity contribution in [3.63, 3.8) is 0 Å². The number of aryl methyl sites for hydroxylation is 1. The van der Waals surface area contributed by atoms with Crippen molar-refractivity contribution < 1.29 is 27.8 Å². The molecule has 2 rings (SSSR count). The zero-order chi connectivity index (χ0) is 17.0. The van der Waals surface area contributed by atoms with Crippen molar-refractivity contribution in [1.29, 1.82) is 0 Å². The molecule has 1 fully saturated rings. The molecule has 0 radical (unpaired) electrons. The summed E-state index contributed by atoms with van der Waals surface area (Å²) in [5.41, 5.74) is 0.475. The Hall–Kier alpha value is -1.48. The fourth-order valence-electron chi connectivity index (χ4n) is 2.57. The number of hydrogen-bond acceptors (Lipinski definition) is 5. The normalized spacial score (nSPS) is 19.7. The van der Waals surface area contributed by atoms with Gasteiger partial charge in [0.1, 0.15) is 0 Å². The van der Waals surface area contributed by atoms with Gasteiger partial charge in [0, 0.05) is 20.3 Å². The average Bonchev–Trinajstić information content (AvgIpc) is 2.53. The number of methoxy groups -OCH3 is 1. The Morgan fingerprint density at radius 1 is 1.48 bits per heavy atom. The van der Waals surface area contributed by atoms with Crippen LogP contribution in [0.5, 0.6) is 0 Å². The summed E-state index contributed by atoms with van der Waals surface area (Å²) in [5, 5.41) is 9.10. The number of nitrogens with zero attached hydrogens (tertiary/aromatic N) is 1. The molecular weight excluding hydrogens is 322 g/mol. The monoisotopic (exact) mass is 343 g/mol. The Bertz CT molecular complexity index is 673. The Labute approximate surface area is 135 Å². The van der Waals surface area contributed by atoms with Crippen molar-refractivity contribution in [3.8, 4) is 0 Å². The second-order valence-corrected chi connectivity index (χ2v) is 7.27. The molecule has 1 atom stereocenters. The molecule has 0 amide bonds. The number of benzene rings is 1. The molecule has 0 spiro atoms. The van der Waals surface area contributed by atoms with Gasteiger partial charge in [0.2, 0.25) is 10.0 Å². The Morgan fingerprint density at radius 3 is 2.87 bits per heavy atom. The van der Waals surface area contributed by atoms with E-state index < -0.39 is 16.0 Å². The lowest BCUT2D eigenvalue weighted by atomic mass is 10.1. The summed E-state index contributed by atoms with van der Waals surface area (Å²) in [6.07, 6.45) is 0.521. The highest BCUT2D eigenvalue weighted by Crippen LogP contribution is 2.25. The predicted molar refractivity (Wildman–Crippen MR) is 83.1 cm³/mol. The van der Waals surface area contributed by atoms with Gasteiger partial charge >= 0.3 is 5.97 Å². The molecule has 1 N–H and O–H groups in total. The van der Waals surface area contributed by atoms with E-state index in [0.29, 0.717) is 31.8 Å². The predicted octanol–water partition coefficient (Wildman–Crippen LogP) is 1.12. The minimum absolute atomic E-state index is 0.0294.